The Kier molecular flexibility index (Phi) is 6.78. The maximum atomic E-state index is 13.9. The predicted molar refractivity (Wildman–Crippen MR) is 126 cm³/mol. The van der Waals surface area contributed by atoms with Gasteiger partial charge in [-0.05, 0) is 66.8 Å². The number of thiocarbonyl (C=S) groups is 1. The molecule has 0 spiro atoms. The molecule has 0 aliphatic carbocycles. The number of hydrogen-bond donors (Lipinski definition) is 2. The van der Waals surface area contributed by atoms with Gasteiger partial charge in [-0.25, -0.2) is 18.2 Å². The molecule has 3 aromatic carbocycles. The van der Waals surface area contributed by atoms with Gasteiger partial charge in [-0.2, -0.15) is 0 Å². The summed E-state index contributed by atoms with van der Waals surface area (Å²) in [6, 6.07) is 13.9. The van der Waals surface area contributed by atoms with Crippen LogP contribution in [0.3, 0.4) is 0 Å². The van der Waals surface area contributed by atoms with Gasteiger partial charge < -0.3 is 5.32 Å². The van der Waals surface area contributed by atoms with Gasteiger partial charge in [-0.1, -0.05) is 18.2 Å². The normalized spacial score (nSPS) is 15.3. The second-order valence-electron chi connectivity index (χ2n) is 7.50. The summed E-state index contributed by atoms with van der Waals surface area (Å²) in [5.74, 6) is -4.03. The molecule has 1 fully saturated rings. The van der Waals surface area contributed by atoms with E-state index in [1.54, 1.807) is 0 Å². The number of halogens is 3. The minimum absolute atomic E-state index is 0.0463. The van der Waals surface area contributed by atoms with Crippen molar-refractivity contribution in [2.75, 3.05) is 10.2 Å². The predicted octanol–water partition coefficient (Wildman–Crippen LogP) is 3.78. The number of carbonyl (C=O) groups is 3. The number of hydrazine groups is 1. The quantitative estimate of drug-likeness (QED) is 0.506. The smallest absolute Gasteiger partial charge is 0.269 e. The monoisotopic (exact) mass is 498 g/mol. The molecule has 3 aromatic rings. The highest BCUT2D eigenvalue weighted by atomic mass is 32.1. The van der Waals surface area contributed by atoms with E-state index >= 15 is 0 Å². The standard InChI is InChI=1S/C24H17F3N4O3S/c25-15-8-10-17(11-9-15)30-23(34)20(13-21(32)28-19-7-2-1-6-18(19)27)31(24(30)35)29-22(33)14-4-3-5-16(26)12-14/h1-12,20H,13H2,(H,28,32)(H,29,33). The van der Waals surface area contributed by atoms with E-state index in [9.17, 15) is 27.6 Å². The first-order valence-corrected chi connectivity index (χ1v) is 10.7. The summed E-state index contributed by atoms with van der Waals surface area (Å²) in [7, 11) is 0. The number of rotatable bonds is 6. The van der Waals surface area contributed by atoms with Crippen LogP contribution in [-0.2, 0) is 9.59 Å². The van der Waals surface area contributed by atoms with Crippen LogP contribution >= 0.6 is 12.2 Å². The van der Waals surface area contributed by atoms with Crippen molar-refractivity contribution < 1.29 is 27.6 Å². The highest BCUT2D eigenvalue weighted by Crippen LogP contribution is 2.27. The Bertz CT molecular complexity index is 1320. The van der Waals surface area contributed by atoms with Crippen LogP contribution in [0.2, 0.25) is 0 Å². The van der Waals surface area contributed by atoms with Crippen LogP contribution in [0, 0.1) is 17.5 Å². The van der Waals surface area contributed by atoms with Gasteiger partial charge in [0.05, 0.1) is 17.8 Å². The van der Waals surface area contributed by atoms with E-state index in [0.717, 1.165) is 40.2 Å². The van der Waals surface area contributed by atoms with Gasteiger partial charge in [0.1, 0.15) is 23.5 Å². The van der Waals surface area contributed by atoms with Gasteiger partial charge in [0.2, 0.25) is 11.0 Å². The molecule has 35 heavy (non-hydrogen) atoms. The molecule has 1 aliphatic heterocycles. The molecule has 178 valence electrons. The van der Waals surface area contributed by atoms with Crippen LogP contribution in [-0.4, -0.2) is 33.9 Å². The fraction of sp³-hybridized carbons (Fsp3) is 0.0833. The van der Waals surface area contributed by atoms with Gasteiger partial charge in [-0.3, -0.25) is 24.7 Å². The average molecular weight is 498 g/mol. The largest absolute Gasteiger partial charge is 0.324 e. The van der Waals surface area contributed by atoms with Gasteiger partial charge >= 0.3 is 0 Å². The topological polar surface area (TPSA) is 81.8 Å². The summed E-state index contributed by atoms with van der Waals surface area (Å²) in [5.41, 5.74) is 2.52. The van der Waals surface area contributed by atoms with Crippen LogP contribution in [0.15, 0.2) is 72.8 Å². The number of hydrogen-bond acceptors (Lipinski definition) is 4. The summed E-state index contributed by atoms with van der Waals surface area (Å²) >= 11 is 5.39. The SMILES string of the molecule is O=C(CC1C(=O)N(c2ccc(F)cc2)C(=S)N1NC(=O)c1cccc(F)c1)Nc1ccccc1F. The van der Waals surface area contributed by atoms with Crippen molar-refractivity contribution in [2.45, 2.75) is 12.5 Å². The fourth-order valence-corrected chi connectivity index (χ4v) is 3.84. The number of anilines is 2. The minimum Gasteiger partial charge on any atom is -0.324 e. The molecule has 11 heteroatoms. The number of benzene rings is 3. The Balaban J connectivity index is 1.61. The lowest BCUT2D eigenvalue weighted by molar-refractivity contribution is -0.124. The third-order valence-corrected chi connectivity index (χ3v) is 5.51. The number of nitrogens with one attached hydrogen (secondary N) is 2. The van der Waals surface area contributed by atoms with E-state index < -0.39 is 47.6 Å². The maximum Gasteiger partial charge on any atom is 0.269 e. The van der Waals surface area contributed by atoms with Crippen LogP contribution in [0.5, 0.6) is 0 Å². The van der Waals surface area contributed by atoms with E-state index in [-0.39, 0.29) is 22.1 Å². The molecule has 3 amide bonds. The van der Waals surface area contributed by atoms with Gasteiger partial charge in [0, 0.05) is 5.56 Å². The first-order chi connectivity index (χ1) is 16.7. The molecule has 1 unspecified atom stereocenters. The van der Waals surface area contributed by atoms with E-state index in [0.29, 0.717) is 0 Å². The highest BCUT2D eigenvalue weighted by molar-refractivity contribution is 7.80. The van der Waals surface area contributed by atoms with Crippen LogP contribution in [0.25, 0.3) is 0 Å². The Morgan fingerprint density at radius 2 is 1.63 bits per heavy atom. The zero-order valence-electron chi connectivity index (χ0n) is 17.9. The van der Waals surface area contributed by atoms with Crippen LogP contribution < -0.4 is 15.6 Å². The Labute approximate surface area is 203 Å². The second-order valence-corrected chi connectivity index (χ2v) is 7.87. The third-order valence-electron chi connectivity index (χ3n) is 5.13. The van der Waals surface area contributed by atoms with Crippen molar-refractivity contribution in [3.8, 4) is 0 Å². The number of para-hydroxylation sites is 1. The minimum atomic E-state index is -1.31. The molecule has 2 N–H and O–H groups in total. The number of nitrogens with zero attached hydrogens (tertiary/aromatic N) is 2. The average Bonchev–Trinajstić information content (AvgIpc) is 3.05. The van der Waals surface area contributed by atoms with Crippen LogP contribution in [0.1, 0.15) is 16.8 Å². The maximum absolute atomic E-state index is 13.9. The summed E-state index contributed by atoms with van der Waals surface area (Å²) in [6.45, 7) is 0. The van der Waals surface area contributed by atoms with E-state index in [1.165, 1.54) is 42.5 Å². The van der Waals surface area contributed by atoms with E-state index in [1.807, 2.05) is 0 Å². The van der Waals surface area contributed by atoms with Crippen molar-refractivity contribution in [3.05, 3.63) is 95.8 Å². The number of amides is 3. The lowest BCUT2D eigenvalue weighted by atomic mass is 10.1. The van der Waals surface area contributed by atoms with Crippen molar-refractivity contribution in [1.82, 2.24) is 10.4 Å². The van der Waals surface area contributed by atoms with Gasteiger partial charge in [-0.15, -0.1) is 0 Å². The molecule has 1 saturated heterocycles. The van der Waals surface area contributed by atoms with Crippen molar-refractivity contribution in [1.29, 1.82) is 0 Å². The molecule has 1 heterocycles. The number of carbonyl (C=O) groups excluding carboxylic acids is 3. The lowest BCUT2D eigenvalue weighted by Crippen LogP contribution is -2.49. The Hall–Kier alpha value is -4.25. The van der Waals surface area contributed by atoms with E-state index in [2.05, 4.69) is 10.7 Å². The zero-order chi connectivity index (χ0) is 25.1. The molecule has 0 aromatic heterocycles. The van der Waals surface area contributed by atoms with Gasteiger partial charge in [0.25, 0.3) is 11.8 Å². The molecular weight excluding hydrogens is 481 g/mol. The molecule has 0 radical (unpaired) electrons. The Morgan fingerprint density at radius 1 is 0.914 bits per heavy atom. The molecule has 0 bridgehead atoms. The first-order valence-electron chi connectivity index (χ1n) is 10.3. The molecule has 1 aliphatic rings. The molecule has 4 rings (SSSR count). The molecular formula is C24H17F3N4O3S. The highest BCUT2D eigenvalue weighted by Gasteiger charge is 2.45. The van der Waals surface area contributed by atoms with E-state index in [4.69, 9.17) is 12.2 Å². The summed E-state index contributed by atoms with van der Waals surface area (Å²) < 4.78 is 40.9. The first kappa shape index (κ1) is 23.9. The zero-order valence-corrected chi connectivity index (χ0v) is 18.7. The van der Waals surface area contributed by atoms with Crippen molar-refractivity contribution >= 4 is 46.4 Å². The lowest BCUT2D eigenvalue weighted by Gasteiger charge is -2.24. The molecule has 1 atom stereocenters. The summed E-state index contributed by atoms with van der Waals surface area (Å²) in [6.07, 6.45) is -0.506. The fourth-order valence-electron chi connectivity index (χ4n) is 3.47. The third kappa shape index (κ3) is 5.14. The Morgan fingerprint density at radius 3 is 2.31 bits per heavy atom. The van der Waals surface area contributed by atoms with Gasteiger partial charge in [0.15, 0.2) is 0 Å². The summed E-state index contributed by atoms with van der Waals surface area (Å²) in [4.78, 5) is 39.7. The molecule has 0 saturated carbocycles. The molecule has 7 nitrogen and oxygen atoms in total. The van der Waals surface area contributed by atoms with Crippen molar-refractivity contribution in [2.24, 2.45) is 0 Å². The summed E-state index contributed by atoms with van der Waals surface area (Å²) in [5, 5.41) is 3.21. The second kappa shape index (κ2) is 9.94. The van der Waals surface area contributed by atoms with Crippen LogP contribution in [0.4, 0.5) is 24.5 Å². The van der Waals surface area contributed by atoms with Crippen molar-refractivity contribution in [3.63, 3.8) is 0 Å².